The summed E-state index contributed by atoms with van der Waals surface area (Å²) in [5.74, 6) is -0.339. The Hall–Kier alpha value is -4.71. The highest BCUT2D eigenvalue weighted by Gasteiger charge is 2.09. The number of esters is 1. The third-order valence-electron chi connectivity index (χ3n) is 5.91. The van der Waals surface area contributed by atoms with Gasteiger partial charge in [0, 0.05) is 27.4 Å². The van der Waals surface area contributed by atoms with E-state index in [4.69, 9.17) is 5.11 Å². The van der Waals surface area contributed by atoms with E-state index in [9.17, 15) is 14.4 Å². The van der Waals surface area contributed by atoms with Crippen LogP contribution in [0, 0.1) is 0 Å². The minimum absolute atomic E-state index is 0.0470. The number of aromatic nitrogens is 4. The van der Waals surface area contributed by atoms with Crippen LogP contribution in [0.3, 0.4) is 0 Å². The van der Waals surface area contributed by atoms with Crippen molar-refractivity contribution in [3.05, 3.63) is 117 Å². The van der Waals surface area contributed by atoms with Gasteiger partial charge in [-0.25, -0.2) is 0 Å². The zero-order chi connectivity index (χ0) is 28.8. The molecule has 2 aromatic carbocycles. The SMILES string of the molecule is COC(=O)Cc1ccc(-c2nc(=O)c3ccccc3s2)cn1.O=c1nc(-c2ccc(CO)cn2)sc2ccccc12. The Bertz CT molecular complexity index is 1960. The van der Waals surface area contributed by atoms with Crippen molar-refractivity contribution in [1.29, 1.82) is 0 Å². The van der Waals surface area contributed by atoms with Crippen LogP contribution in [0.2, 0.25) is 0 Å². The number of hydrogen-bond donors (Lipinski definition) is 1. The van der Waals surface area contributed by atoms with E-state index in [1.54, 1.807) is 48.8 Å². The molecule has 0 radical (unpaired) electrons. The molecule has 6 rings (SSSR count). The van der Waals surface area contributed by atoms with Gasteiger partial charge in [-0.3, -0.25) is 24.4 Å². The average Bonchev–Trinajstić information content (AvgIpc) is 3.01. The van der Waals surface area contributed by atoms with Crippen LogP contribution in [0.1, 0.15) is 11.3 Å². The van der Waals surface area contributed by atoms with Crippen LogP contribution in [-0.2, 0) is 22.6 Å². The van der Waals surface area contributed by atoms with Gasteiger partial charge in [0.05, 0.1) is 42.3 Å². The number of carbonyl (C=O) groups excluding carboxylic acids is 1. The molecule has 0 aliphatic heterocycles. The zero-order valence-corrected chi connectivity index (χ0v) is 23.3. The molecular weight excluding hydrogens is 560 g/mol. The molecule has 9 nitrogen and oxygen atoms in total. The molecule has 4 heterocycles. The quantitative estimate of drug-likeness (QED) is 0.289. The normalized spacial score (nSPS) is 10.7. The molecule has 0 amide bonds. The van der Waals surface area contributed by atoms with Crippen molar-refractivity contribution in [3.8, 4) is 21.3 Å². The standard InChI is InChI=1S/C16H12N2O3S.C14H10N2O2S/c1-21-14(19)8-11-7-6-10(9-17-11)16-18-15(20)12-4-2-3-5-13(12)22-16;17-8-9-5-6-11(15-7-9)14-16-13(18)10-3-1-2-4-12(10)19-14/h2-7,9H,8H2,1H3;1-7,17H,8H2. The molecule has 0 saturated carbocycles. The molecule has 0 saturated heterocycles. The summed E-state index contributed by atoms with van der Waals surface area (Å²) in [5, 5.41) is 11.4. The van der Waals surface area contributed by atoms with E-state index in [1.807, 2.05) is 36.4 Å². The number of aliphatic hydroxyl groups excluding tert-OH is 1. The van der Waals surface area contributed by atoms with Crippen molar-refractivity contribution < 1.29 is 14.6 Å². The van der Waals surface area contributed by atoms with Gasteiger partial charge < -0.3 is 9.84 Å². The Morgan fingerprint density at radius 3 is 1.98 bits per heavy atom. The Kier molecular flexibility index (Phi) is 8.59. The highest BCUT2D eigenvalue weighted by atomic mass is 32.1. The molecule has 0 spiro atoms. The van der Waals surface area contributed by atoms with Crippen LogP contribution in [0.4, 0.5) is 0 Å². The summed E-state index contributed by atoms with van der Waals surface area (Å²) in [6, 6.07) is 21.8. The molecule has 4 aromatic heterocycles. The molecule has 204 valence electrons. The topological polar surface area (TPSA) is 132 Å². The molecule has 11 heteroatoms. The van der Waals surface area contributed by atoms with Crippen LogP contribution in [0.5, 0.6) is 0 Å². The number of nitrogens with zero attached hydrogens (tertiary/aromatic N) is 4. The molecule has 0 aliphatic carbocycles. The molecule has 6 aromatic rings. The van der Waals surface area contributed by atoms with Gasteiger partial charge >= 0.3 is 5.97 Å². The molecule has 0 unspecified atom stereocenters. The van der Waals surface area contributed by atoms with Gasteiger partial charge in [0.1, 0.15) is 10.0 Å². The first-order chi connectivity index (χ1) is 19.9. The number of fused-ring (bicyclic) bond motifs is 2. The largest absolute Gasteiger partial charge is 0.469 e. The molecule has 0 bridgehead atoms. The Morgan fingerprint density at radius 2 is 1.41 bits per heavy atom. The second-order valence-corrected chi connectivity index (χ2v) is 10.7. The second-order valence-electron chi connectivity index (χ2n) is 8.64. The van der Waals surface area contributed by atoms with Gasteiger partial charge in [-0.05, 0) is 48.0 Å². The van der Waals surface area contributed by atoms with Crippen molar-refractivity contribution in [3.63, 3.8) is 0 Å². The fourth-order valence-electron chi connectivity index (χ4n) is 3.78. The van der Waals surface area contributed by atoms with Crippen molar-refractivity contribution in [1.82, 2.24) is 19.9 Å². The number of hydrogen-bond acceptors (Lipinski definition) is 11. The lowest BCUT2D eigenvalue weighted by atomic mass is 10.2. The van der Waals surface area contributed by atoms with Gasteiger partial charge in [0.15, 0.2) is 0 Å². The number of carbonyl (C=O) groups is 1. The monoisotopic (exact) mass is 582 g/mol. The van der Waals surface area contributed by atoms with Gasteiger partial charge in [-0.2, -0.15) is 9.97 Å². The summed E-state index contributed by atoms with van der Waals surface area (Å²) in [4.78, 5) is 51.8. The first kappa shape index (κ1) is 27.8. The summed E-state index contributed by atoms with van der Waals surface area (Å²) >= 11 is 2.87. The smallest absolute Gasteiger partial charge is 0.311 e. The predicted molar refractivity (Wildman–Crippen MR) is 160 cm³/mol. The maximum absolute atomic E-state index is 12.0. The number of pyridine rings is 2. The van der Waals surface area contributed by atoms with Crippen LogP contribution >= 0.6 is 22.7 Å². The number of ether oxygens (including phenoxy) is 1. The van der Waals surface area contributed by atoms with Crippen LogP contribution < -0.4 is 11.1 Å². The molecule has 0 fully saturated rings. The van der Waals surface area contributed by atoms with Crippen molar-refractivity contribution >= 4 is 48.8 Å². The minimum Gasteiger partial charge on any atom is -0.469 e. The van der Waals surface area contributed by atoms with E-state index in [2.05, 4.69) is 24.7 Å². The zero-order valence-electron chi connectivity index (χ0n) is 21.7. The number of aliphatic hydroxyl groups is 1. The lowest BCUT2D eigenvalue weighted by Gasteiger charge is -2.03. The fraction of sp³-hybridized carbons (Fsp3) is 0.100. The Labute approximate surface area is 241 Å². The molecule has 41 heavy (non-hydrogen) atoms. The summed E-state index contributed by atoms with van der Waals surface area (Å²) in [5.41, 5.74) is 2.26. The summed E-state index contributed by atoms with van der Waals surface area (Å²) in [6.45, 7) is -0.0470. The fourth-order valence-corrected chi connectivity index (χ4v) is 5.74. The summed E-state index contributed by atoms with van der Waals surface area (Å²) in [7, 11) is 1.34. The first-order valence-corrected chi connectivity index (χ1v) is 14.0. The molecule has 1 N–H and O–H groups in total. The summed E-state index contributed by atoms with van der Waals surface area (Å²) < 4.78 is 6.38. The van der Waals surface area contributed by atoms with Crippen molar-refractivity contribution in [2.75, 3.05) is 7.11 Å². The van der Waals surface area contributed by atoms with Crippen LogP contribution in [-0.4, -0.2) is 38.1 Å². The van der Waals surface area contributed by atoms with E-state index >= 15 is 0 Å². The number of rotatable bonds is 5. The average molecular weight is 583 g/mol. The van der Waals surface area contributed by atoms with Crippen LogP contribution in [0.25, 0.3) is 41.4 Å². The summed E-state index contributed by atoms with van der Waals surface area (Å²) in [6.07, 6.45) is 3.33. The predicted octanol–water partition coefficient (Wildman–Crippen LogP) is 4.64. The van der Waals surface area contributed by atoms with E-state index in [1.165, 1.54) is 29.8 Å². The lowest BCUT2D eigenvalue weighted by molar-refractivity contribution is -0.139. The molecule has 0 aliphatic rings. The maximum Gasteiger partial charge on any atom is 0.311 e. The minimum atomic E-state index is -0.339. The maximum atomic E-state index is 12.0. The third-order valence-corrected chi connectivity index (χ3v) is 8.07. The third kappa shape index (κ3) is 6.55. The molecule has 0 atom stereocenters. The lowest BCUT2D eigenvalue weighted by Crippen LogP contribution is -2.07. The van der Waals surface area contributed by atoms with E-state index in [0.29, 0.717) is 32.2 Å². The Morgan fingerprint density at radius 1 is 0.780 bits per heavy atom. The second kappa shape index (κ2) is 12.6. The van der Waals surface area contributed by atoms with Crippen molar-refractivity contribution in [2.24, 2.45) is 0 Å². The van der Waals surface area contributed by atoms with E-state index < -0.39 is 0 Å². The Balaban J connectivity index is 0.000000166. The van der Waals surface area contributed by atoms with Crippen LogP contribution in [0.15, 0.2) is 94.8 Å². The van der Waals surface area contributed by atoms with Gasteiger partial charge in [-0.15, -0.1) is 22.7 Å². The van der Waals surface area contributed by atoms with Gasteiger partial charge in [-0.1, -0.05) is 30.3 Å². The van der Waals surface area contributed by atoms with Gasteiger partial charge in [0.2, 0.25) is 0 Å². The van der Waals surface area contributed by atoms with E-state index in [-0.39, 0.29) is 30.1 Å². The highest BCUT2D eigenvalue weighted by Crippen LogP contribution is 2.26. The van der Waals surface area contributed by atoms with Gasteiger partial charge in [0.25, 0.3) is 11.1 Å². The van der Waals surface area contributed by atoms with Crippen molar-refractivity contribution in [2.45, 2.75) is 13.0 Å². The number of benzene rings is 2. The molecular formula is C30H22N4O5S2. The van der Waals surface area contributed by atoms with E-state index in [0.717, 1.165) is 20.5 Å². The highest BCUT2D eigenvalue weighted by molar-refractivity contribution is 7.21. The number of methoxy groups -OCH3 is 1. The first-order valence-electron chi connectivity index (χ1n) is 12.3.